The fourth-order valence-electron chi connectivity index (χ4n) is 3.71. The van der Waals surface area contributed by atoms with Crippen LogP contribution in [0.15, 0.2) is 88.9 Å². The summed E-state index contributed by atoms with van der Waals surface area (Å²) in [5.41, 5.74) is 2.93. The third kappa shape index (κ3) is 5.12. The van der Waals surface area contributed by atoms with E-state index >= 15 is 0 Å². The summed E-state index contributed by atoms with van der Waals surface area (Å²) in [4.78, 5) is 30.2. The molecule has 2 heterocycles. The first-order chi connectivity index (χ1) is 17.0. The number of carbonyl (C=O) groups is 2. The van der Waals surface area contributed by atoms with Crippen molar-refractivity contribution < 1.29 is 9.59 Å². The van der Waals surface area contributed by atoms with Crippen LogP contribution < -0.4 is 10.6 Å². The van der Waals surface area contributed by atoms with Gasteiger partial charge in [0.1, 0.15) is 6.54 Å². The second kappa shape index (κ2) is 10.00. The molecule has 1 aliphatic heterocycles. The lowest BCUT2D eigenvalue weighted by Gasteiger charge is -2.07. The summed E-state index contributed by atoms with van der Waals surface area (Å²) in [7, 11) is 0. The van der Waals surface area contributed by atoms with Crippen LogP contribution in [0.5, 0.6) is 0 Å². The lowest BCUT2D eigenvalue weighted by atomic mass is 10.1. The van der Waals surface area contributed by atoms with E-state index in [1.807, 2.05) is 65.4 Å². The van der Waals surface area contributed by atoms with E-state index in [9.17, 15) is 9.59 Å². The normalized spacial score (nSPS) is 15.7. The number of rotatable bonds is 5. The number of amides is 2. The molecule has 9 heteroatoms. The number of halogens is 2. The molecule has 3 aromatic carbocycles. The Morgan fingerprint density at radius 3 is 2.63 bits per heavy atom. The molecule has 35 heavy (non-hydrogen) atoms. The molecule has 1 fully saturated rings. The van der Waals surface area contributed by atoms with Gasteiger partial charge in [-0.05, 0) is 48.2 Å². The molecule has 0 saturated carbocycles. The summed E-state index contributed by atoms with van der Waals surface area (Å²) in [6.07, 6.45) is 3.68. The van der Waals surface area contributed by atoms with Gasteiger partial charge in [-0.1, -0.05) is 65.7 Å². The predicted octanol–water partition coefficient (Wildman–Crippen LogP) is 6.48. The molecule has 4 aromatic rings. The Kier molecular flexibility index (Phi) is 6.63. The molecule has 6 nitrogen and oxygen atoms in total. The number of nitrogens with one attached hydrogen (secondary N) is 2. The van der Waals surface area contributed by atoms with Gasteiger partial charge in [-0.3, -0.25) is 9.59 Å². The van der Waals surface area contributed by atoms with Gasteiger partial charge in [0.25, 0.3) is 5.91 Å². The first kappa shape index (κ1) is 23.2. The van der Waals surface area contributed by atoms with Crippen LogP contribution in [0.3, 0.4) is 0 Å². The average Bonchev–Trinajstić information content (AvgIpc) is 3.37. The van der Waals surface area contributed by atoms with Crippen molar-refractivity contribution >= 4 is 80.3 Å². The Morgan fingerprint density at radius 2 is 1.80 bits per heavy atom. The van der Waals surface area contributed by atoms with E-state index in [-0.39, 0.29) is 18.4 Å². The second-order valence-electron chi connectivity index (χ2n) is 7.70. The molecule has 0 radical (unpaired) electrons. The lowest BCUT2D eigenvalue weighted by Crippen LogP contribution is -2.19. The van der Waals surface area contributed by atoms with Gasteiger partial charge in [0, 0.05) is 28.4 Å². The van der Waals surface area contributed by atoms with Crippen LogP contribution in [-0.4, -0.2) is 21.5 Å². The van der Waals surface area contributed by atoms with Crippen LogP contribution >= 0.6 is 35.0 Å². The van der Waals surface area contributed by atoms with E-state index < -0.39 is 0 Å². The summed E-state index contributed by atoms with van der Waals surface area (Å²) in [6.45, 7) is 0.137. The molecule has 0 bridgehead atoms. The van der Waals surface area contributed by atoms with Crippen LogP contribution in [0.1, 0.15) is 5.56 Å². The van der Waals surface area contributed by atoms with Crippen molar-refractivity contribution in [3.05, 3.63) is 99.5 Å². The van der Waals surface area contributed by atoms with Gasteiger partial charge < -0.3 is 15.2 Å². The first-order valence-electron chi connectivity index (χ1n) is 10.6. The Balaban J connectivity index is 1.41. The van der Waals surface area contributed by atoms with Crippen molar-refractivity contribution in [1.29, 1.82) is 0 Å². The molecular weight excluding hydrogens is 503 g/mol. The molecule has 0 atom stereocenters. The molecular formula is C26H18Cl2N4O2S. The minimum Gasteiger partial charge on any atom is -0.337 e. The number of fused-ring (bicyclic) bond motifs is 1. The molecule has 0 spiro atoms. The number of hydrogen-bond acceptors (Lipinski definition) is 4. The molecule has 1 aliphatic rings. The van der Waals surface area contributed by atoms with Crippen molar-refractivity contribution in [2.24, 2.45) is 4.99 Å². The van der Waals surface area contributed by atoms with E-state index in [1.165, 1.54) is 11.8 Å². The van der Waals surface area contributed by atoms with Gasteiger partial charge in [-0.25, -0.2) is 4.99 Å². The highest BCUT2D eigenvalue weighted by Crippen LogP contribution is 2.35. The van der Waals surface area contributed by atoms with E-state index in [2.05, 4.69) is 15.6 Å². The number of carbonyl (C=O) groups excluding carboxylic acids is 2. The molecule has 0 unspecified atom stereocenters. The third-order valence-corrected chi connectivity index (χ3v) is 7.00. The van der Waals surface area contributed by atoms with Crippen LogP contribution in [0.25, 0.3) is 17.0 Å². The van der Waals surface area contributed by atoms with Crippen molar-refractivity contribution in [2.45, 2.75) is 6.54 Å². The monoisotopic (exact) mass is 520 g/mol. The lowest BCUT2D eigenvalue weighted by molar-refractivity contribution is -0.117. The number of para-hydroxylation sites is 2. The third-order valence-electron chi connectivity index (χ3n) is 5.28. The molecule has 0 aliphatic carbocycles. The highest BCUT2D eigenvalue weighted by Gasteiger charge is 2.25. The fraction of sp³-hybridized carbons (Fsp3) is 0.0385. The number of thioether (sulfide) groups is 1. The highest BCUT2D eigenvalue weighted by atomic mass is 35.5. The molecule has 2 amide bonds. The number of nitrogens with zero attached hydrogens (tertiary/aromatic N) is 2. The summed E-state index contributed by atoms with van der Waals surface area (Å²) in [5, 5.41) is 7.73. The Labute approximate surface area is 215 Å². The average molecular weight is 521 g/mol. The minimum atomic E-state index is -0.259. The Hall–Kier alpha value is -3.52. The molecule has 5 rings (SSSR count). The first-order valence-corrected chi connectivity index (χ1v) is 12.2. The van der Waals surface area contributed by atoms with Gasteiger partial charge in [-0.2, -0.15) is 0 Å². The fourth-order valence-corrected chi connectivity index (χ4v) is 4.87. The zero-order valence-electron chi connectivity index (χ0n) is 18.2. The van der Waals surface area contributed by atoms with E-state index in [1.54, 1.807) is 24.3 Å². The summed E-state index contributed by atoms with van der Waals surface area (Å²) < 4.78 is 1.87. The minimum absolute atomic E-state index is 0.137. The van der Waals surface area contributed by atoms with Gasteiger partial charge in [0.05, 0.1) is 20.6 Å². The summed E-state index contributed by atoms with van der Waals surface area (Å²) >= 11 is 13.5. The maximum atomic E-state index is 12.6. The predicted molar refractivity (Wildman–Crippen MR) is 144 cm³/mol. The maximum absolute atomic E-state index is 12.6. The highest BCUT2D eigenvalue weighted by molar-refractivity contribution is 8.18. The number of aromatic nitrogens is 1. The maximum Gasteiger partial charge on any atom is 0.264 e. The summed E-state index contributed by atoms with van der Waals surface area (Å²) in [6, 6.07) is 22.2. The van der Waals surface area contributed by atoms with Gasteiger partial charge in [-0.15, -0.1) is 0 Å². The van der Waals surface area contributed by atoms with E-state index in [0.717, 1.165) is 22.2 Å². The largest absolute Gasteiger partial charge is 0.337 e. The molecule has 2 N–H and O–H groups in total. The Bertz CT molecular complexity index is 1510. The van der Waals surface area contributed by atoms with Gasteiger partial charge in [0.15, 0.2) is 5.17 Å². The zero-order valence-corrected chi connectivity index (χ0v) is 20.5. The number of aliphatic imine (C=N–C) groups is 1. The van der Waals surface area contributed by atoms with E-state index in [0.29, 0.717) is 25.8 Å². The Morgan fingerprint density at radius 1 is 1.03 bits per heavy atom. The number of benzene rings is 3. The quantitative estimate of drug-likeness (QED) is 0.295. The molecule has 1 aromatic heterocycles. The van der Waals surface area contributed by atoms with Crippen LogP contribution in [-0.2, 0) is 16.1 Å². The van der Waals surface area contributed by atoms with Crippen LogP contribution in [0.4, 0.5) is 11.4 Å². The SMILES string of the molecule is O=C(Cn1cc(/C=C2/SC(=Nc3cccc(Cl)c3Cl)NC2=O)c2ccccc21)Nc1ccccc1. The van der Waals surface area contributed by atoms with Gasteiger partial charge >= 0.3 is 0 Å². The van der Waals surface area contributed by atoms with Crippen molar-refractivity contribution in [3.8, 4) is 0 Å². The number of amidine groups is 1. The zero-order chi connectivity index (χ0) is 24.4. The molecule has 1 saturated heterocycles. The van der Waals surface area contributed by atoms with Gasteiger partial charge in [0.2, 0.25) is 5.91 Å². The van der Waals surface area contributed by atoms with Crippen molar-refractivity contribution in [1.82, 2.24) is 9.88 Å². The van der Waals surface area contributed by atoms with Crippen molar-refractivity contribution in [3.63, 3.8) is 0 Å². The van der Waals surface area contributed by atoms with Crippen molar-refractivity contribution in [2.75, 3.05) is 5.32 Å². The van der Waals surface area contributed by atoms with Crippen LogP contribution in [0, 0.1) is 0 Å². The number of anilines is 1. The van der Waals surface area contributed by atoms with Crippen LogP contribution in [0.2, 0.25) is 10.0 Å². The smallest absolute Gasteiger partial charge is 0.264 e. The topological polar surface area (TPSA) is 75.5 Å². The number of hydrogen-bond donors (Lipinski definition) is 2. The standard InChI is InChI=1S/C26H18Cl2N4O2S/c27-19-10-6-11-20(24(19)28)30-26-31-25(34)22(35-26)13-16-14-32(21-12-5-4-9-18(16)21)15-23(33)29-17-7-2-1-3-8-17/h1-14H,15H2,(H,29,33)(H,30,31,34)/b22-13+. The van der Waals surface area contributed by atoms with E-state index in [4.69, 9.17) is 23.2 Å². The second-order valence-corrected chi connectivity index (χ2v) is 9.51. The molecule has 174 valence electrons. The summed E-state index contributed by atoms with van der Waals surface area (Å²) in [5.74, 6) is -0.400.